The predicted octanol–water partition coefficient (Wildman–Crippen LogP) is 7.55. The Balaban J connectivity index is 1.45. The molecule has 34 heavy (non-hydrogen) atoms. The number of nitrogens with zero attached hydrogens (tertiary/aromatic N) is 2. The summed E-state index contributed by atoms with van der Waals surface area (Å²) in [6, 6.07) is 24.2. The van der Waals surface area contributed by atoms with Crippen LogP contribution in [0, 0.1) is 0 Å². The Labute approximate surface area is 221 Å². The first-order chi connectivity index (χ1) is 16.5. The van der Waals surface area contributed by atoms with Crippen LogP contribution in [-0.4, -0.2) is 26.2 Å². The largest absolute Gasteiger partial charge is 0.342 e. The second kappa shape index (κ2) is 10.1. The molecule has 0 unspecified atom stereocenters. The molecule has 0 saturated carbocycles. The number of aromatic nitrogens is 1. The van der Waals surface area contributed by atoms with Crippen molar-refractivity contribution in [3.63, 3.8) is 0 Å². The van der Waals surface area contributed by atoms with Gasteiger partial charge in [-0.05, 0) is 47.9 Å². The topological polar surface area (TPSA) is 25.2 Å². The van der Waals surface area contributed by atoms with Gasteiger partial charge < -0.3 is 4.57 Å². The van der Waals surface area contributed by atoms with Gasteiger partial charge in [0.05, 0.1) is 4.91 Å². The lowest BCUT2D eigenvalue weighted by molar-refractivity contribution is -0.122. The lowest BCUT2D eigenvalue weighted by Gasteiger charge is -2.14. The molecule has 3 nitrogen and oxygen atoms in total. The van der Waals surface area contributed by atoms with Crippen molar-refractivity contribution in [2.45, 2.75) is 13.0 Å². The van der Waals surface area contributed by atoms with Crippen molar-refractivity contribution in [3.05, 3.63) is 110 Å². The number of carbonyl (C=O) groups excluding carboxylic acids is 1. The lowest BCUT2D eigenvalue weighted by atomic mass is 10.1. The van der Waals surface area contributed by atoms with Crippen LogP contribution in [0.4, 0.5) is 0 Å². The summed E-state index contributed by atoms with van der Waals surface area (Å²) in [4.78, 5) is 15.6. The van der Waals surface area contributed by atoms with E-state index in [9.17, 15) is 4.79 Å². The van der Waals surface area contributed by atoms with Gasteiger partial charge in [-0.25, -0.2) is 0 Å². The van der Waals surface area contributed by atoms with Crippen LogP contribution in [0.15, 0.2) is 88.4 Å². The summed E-state index contributed by atoms with van der Waals surface area (Å²) in [6.07, 6.45) is 4.81. The van der Waals surface area contributed by atoms with Crippen molar-refractivity contribution < 1.29 is 4.79 Å². The minimum atomic E-state index is -0.0343. The molecule has 7 heteroatoms. The molecule has 0 spiro atoms. The number of thioether (sulfide) groups is 1. The molecule has 2 heterocycles. The van der Waals surface area contributed by atoms with Crippen molar-refractivity contribution in [1.29, 1.82) is 0 Å². The van der Waals surface area contributed by atoms with Gasteiger partial charge in [-0.3, -0.25) is 9.69 Å². The number of fused-ring (bicyclic) bond motifs is 1. The van der Waals surface area contributed by atoms with E-state index in [1.807, 2.05) is 54.6 Å². The normalized spacial score (nSPS) is 15.1. The Hall–Kier alpha value is -2.38. The van der Waals surface area contributed by atoms with Crippen molar-refractivity contribution in [1.82, 2.24) is 9.47 Å². The van der Waals surface area contributed by atoms with Crippen LogP contribution in [0.2, 0.25) is 5.02 Å². The SMILES string of the molecule is O=C1/C(=C/c2cn(Cc3ccccc3Cl)c3ccc(Br)cc23)SC(=S)N1CCc1ccccc1. The Bertz CT molecular complexity index is 1430. The zero-order valence-electron chi connectivity index (χ0n) is 18.1. The molecule has 0 aliphatic carbocycles. The number of thiocarbonyl (C=S) groups is 1. The van der Waals surface area contributed by atoms with Crippen LogP contribution in [-0.2, 0) is 17.8 Å². The third-order valence-electron chi connectivity index (χ3n) is 5.80. The van der Waals surface area contributed by atoms with E-state index < -0.39 is 0 Å². The van der Waals surface area contributed by atoms with Crippen LogP contribution in [0.3, 0.4) is 0 Å². The summed E-state index contributed by atoms with van der Waals surface area (Å²) in [7, 11) is 0. The molecule has 3 aromatic carbocycles. The second-order valence-corrected chi connectivity index (χ2v) is 11.0. The molecule has 0 radical (unpaired) electrons. The van der Waals surface area contributed by atoms with E-state index in [0.29, 0.717) is 22.3 Å². The highest BCUT2D eigenvalue weighted by Crippen LogP contribution is 2.35. The van der Waals surface area contributed by atoms with Crippen LogP contribution in [0.25, 0.3) is 17.0 Å². The summed E-state index contributed by atoms with van der Waals surface area (Å²) in [6.45, 7) is 1.22. The minimum absolute atomic E-state index is 0.0343. The van der Waals surface area contributed by atoms with Gasteiger partial charge in [0.25, 0.3) is 5.91 Å². The van der Waals surface area contributed by atoms with Crippen LogP contribution in [0.5, 0.6) is 0 Å². The monoisotopic (exact) mass is 566 g/mol. The van der Waals surface area contributed by atoms with E-state index in [2.05, 4.69) is 51.0 Å². The Kier molecular flexibility index (Phi) is 6.93. The summed E-state index contributed by atoms with van der Waals surface area (Å²) in [5.41, 5.74) is 4.29. The van der Waals surface area contributed by atoms with E-state index in [-0.39, 0.29) is 5.91 Å². The lowest BCUT2D eigenvalue weighted by Crippen LogP contribution is -2.30. The average molecular weight is 568 g/mol. The van der Waals surface area contributed by atoms with Crippen molar-refractivity contribution in [2.75, 3.05) is 6.54 Å². The number of rotatable bonds is 6. The van der Waals surface area contributed by atoms with Crippen molar-refractivity contribution in [3.8, 4) is 0 Å². The van der Waals surface area contributed by atoms with Gasteiger partial charge in [-0.1, -0.05) is 100 Å². The van der Waals surface area contributed by atoms with Gasteiger partial charge in [-0.2, -0.15) is 0 Å². The fraction of sp³-hybridized carbons (Fsp3) is 0.111. The molecule has 1 amide bonds. The van der Waals surface area contributed by atoms with Crippen molar-refractivity contribution in [2.24, 2.45) is 0 Å². The van der Waals surface area contributed by atoms with Crippen molar-refractivity contribution >= 4 is 78.7 Å². The maximum atomic E-state index is 13.2. The molecule has 1 aliphatic rings. The molecule has 170 valence electrons. The van der Waals surface area contributed by atoms with E-state index in [1.165, 1.54) is 17.3 Å². The highest BCUT2D eigenvalue weighted by molar-refractivity contribution is 9.10. The third kappa shape index (κ3) is 4.86. The first-order valence-corrected chi connectivity index (χ1v) is 13.2. The Morgan fingerprint density at radius 2 is 1.79 bits per heavy atom. The average Bonchev–Trinajstić information content (AvgIpc) is 3.30. The molecule has 5 rings (SSSR count). The van der Waals surface area contributed by atoms with Gasteiger partial charge in [0.2, 0.25) is 0 Å². The fourth-order valence-corrected chi connectivity index (χ4v) is 5.93. The summed E-state index contributed by atoms with van der Waals surface area (Å²) < 4.78 is 3.76. The zero-order chi connectivity index (χ0) is 23.7. The fourth-order valence-electron chi connectivity index (χ4n) is 4.07. The van der Waals surface area contributed by atoms with Gasteiger partial charge >= 0.3 is 0 Å². The standard InChI is InChI=1S/C27H20BrClN2OS2/c28-21-10-11-24-22(15-21)20(17-30(24)16-19-8-4-5-9-23(19)29)14-25-26(32)31(27(33)34-25)13-12-18-6-2-1-3-7-18/h1-11,14-15,17H,12-13,16H2/b25-14-. The summed E-state index contributed by atoms with van der Waals surface area (Å²) in [5, 5.41) is 1.80. The van der Waals surface area contributed by atoms with Gasteiger partial charge in [0, 0.05) is 45.2 Å². The van der Waals surface area contributed by atoms with Gasteiger partial charge in [0.1, 0.15) is 4.32 Å². The minimum Gasteiger partial charge on any atom is -0.342 e. The molecule has 1 aliphatic heterocycles. The van der Waals surface area contributed by atoms with Gasteiger partial charge in [-0.15, -0.1) is 0 Å². The van der Waals surface area contributed by atoms with E-state index in [4.69, 9.17) is 23.8 Å². The number of halogens is 2. The highest BCUT2D eigenvalue weighted by Gasteiger charge is 2.32. The first kappa shape index (κ1) is 23.4. The van der Waals surface area contributed by atoms with E-state index in [1.54, 1.807) is 4.90 Å². The number of amides is 1. The quantitative estimate of drug-likeness (QED) is 0.178. The van der Waals surface area contributed by atoms with E-state index in [0.717, 1.165) is 37.9 Å². The number of benzene rings is 3. The Morgan fingerprint density at radius 3 is 2.59 bits per heavy atom. The first-order valence-electron chi connectivity index (χ1n) is 10.8. The second-order valence-electron chi connectivity index (χ2n) is 8.03. The Morgan fingerprint density at radius 1 is 1.03 bits per heavy atom. The van der Waals surface area contributed by atoms with E-state index >= 15 is 0 Å². The molecule has 0 N–H and O–H groups in total. The summed E-state index contributed by atoms with van der Waals surface area (Å²) in [5.74, 6) is -0.0343. The number of hydrogen-bond acceptors (Lipinski definition) is 3. The smallest absolute Gasteiger partial charge is 0.266 e. The maximum Gasteiger partial charge on any atom is 0.266 e. The number of hydrogen-bond donors (Lipinski definition) is 0. The molecular weight excluding hydrogens is 548 g/mol. The maximum absolute atomic E-state index is 13.2. The molecule has 0 bridgehead atoms. The van der Waals surface area contributed by atoms with Crippen LogP contribution in [0.1, 0.15) is 16.7 Å². The zero-order valence-corrected chi connectivity index (χ0v) is 22.1. The number of carbonyl (C=O) groups is 1. The molecule has 1 fully saturated rings. The van der Waals surface area contributed by atoms with Crippen LogP contribution >= 0.6 is 51.5 Å². The highest BCUT2D eigenvalue weighted by atomic mass is 79.9. The molecule has 1 aromatic heterocycles. The third-order valence-corrected chi connectivity index (χ3v) is 8.04. The molecule has 0 atom stereocenters. The van der Waals surface area contributed by atoms with Crippen LogP contribution < -0.4 is 0 Å². The van der Waals surface area contributed by atoms with Gasteiger partial charge in [0.15, 0.2) is 0 Å². The predicted molar refractivity (Wildman–Crippen MR) is 150 cm³/mol. The summed E-state index contributed by atoms with van der Waals surface area (Å²) >= 11 is 16.9. The molecular formula is C27H20BrClN2OS2. The molecule has 1 saturated heterocycles. The molecule has 4 aromatic rings.